The Morgan fingerprint density at radius 2 is 1.41 bits per heavy atom. The Hall–Kier alpha value is -1.99. The fraction of sp³-hybridized carbons (Fsp3) is 0.286. The number of halogens is 6. The van der Waals surface area contributed by atoms with Crippen molar-refractivity contribution in [1.82, 2.24) is 9.97 Å². The highest BCUT2D eigenvalue weighted by atomic mass is 32.2. The maximum Gasteiger partial charge on any atom is 0.417 e. The first-order valence-electron chi connectivity index (χ1n) is 6.03. The summed E-state index contributed by atoms with van der Waals surface area (Å²) in [5.41, 5.74) is -1.74. The predicted molar refractivity (Wildman–Crippen MR) is 90.7 cm³/mol. The van der Waals surface area contributed by atoms with Crippen LogP contribution >= 0.6 is 12.2 Å². The van der Waals surface area contributed by atoms with Crippen molar-refractivity contribution in [2.75, 3.05) is 0 Å². The number of aromatic amines is 1. The molecule has 3 N–H and O–H groups in total. The Morgan fingerprint density at radius 3 is 1.70 bits per heavy atom. The molecular formula is C14H17F6N3O2S2. The van der Waals surface area contributed by atoms with Gasteiger partial charge in [0.2, 0.25) is 0 Å². The Bertz CT molecular complexity index is 855. The van der Waals surface area contributed by atoms with Gasteiger partial charge in [-0.25, -0.2) is 18.5 Å². The molecule has 13 heteroatoms. The third-order valence-electron chi connectivity index (χ3n) is 2.47. The normalized spacial score (nSPS) is 11.4. The summed E-state index contributed by atoms with van der Waals surface area (Å²) in [4.78, 5) is 5.38. The fourth-order valence-corrected chi connectivity index (χ4v) is 1.89. The van der Waals surface area contributed by atoms with Gasteiger partial charge in [0, 0.05) is 12.4 Å². The maximum atomic E-state index is 12.0. The van der Waals surface area contributed by atoms with Gasteiger partial charge in [0.25, 0.3) is 10.0 Å². The summed E-state index contributed by atoms with van der Waals surface area (Å²) in [5, 5.41) is 4.05. The zero-order chi connectivity index (χ0) is 19.5. The highest BCUT2D eigenvalue weighted by Gasteiger charge is 2.31. The SMILES string of the molecule is C.C.FC(F)(F)c1ccc(=S)[nH]c1.NS(=O)(=O)c1ccc(C(F)(F)F)cn1. The molecule has 0 saturated carbocycles. The summed E-state index contributed by atoms with van der Waals surface area (Å²) < 4.78 is 93.1. The van der Waals surface area contributed by atoms with Crippen molar-refractivity contribution in [3.63, 3.8) is 0 Å². The smallest absolute Gasteiger partial charge is 0.352 e. The van der Waals surface area contributed by atoms with Crippen LogP contribution in [0.1, 0.15) is 26.0 Å². The molecule has 0 bridgehead atoms. The number of pyridine rings is 2. The van der Waals surface area contributed by atoms with Gasteiger partial charge in [-0.15, -0.1) is 0 Å². The van der Waals surface area contributed by atoms with E-state index < -0.39 is 38.5 Å². The van der Waals surface area contributed by atoms with Crippen molar-refractivity contribution in [3.8, 4) is 0 Å². The van der Waals surface area contributed by atoms with Crippen LogP contribution < -0.4 is 5.14 Å². The minimum absolute atomic E-state index is 0. The lowest BCUT2D eigenvalue weighted by atomic mass is 10.3. The van der Waals surface area contributed by atoms with Crippen LogP contribution in [0.3, 0.4) is 0 Å². The molecular weight excluding hydrogens is 420 g/mol. The summed E-state index contributed by atoms with van der Waals surface area (Å²) in [5.74, 6) is 0. The van der Waals surface area contributed by atoms with Gasteiger partial charge in [0.1, 0.15) is 4.64 Å². The first kappa shape index (κ1) is 27.2. The zero-order valence-corrected chi connectivity index (χ0v) is 13.5. The molecule has 0 saturated heterocycles. The molecule has 2 heterocycles. The molecule has 0 fully saturated rings. The van der Waals surface area contributed by atoms with Crippen LogP contribution in [0.15, 0.2) is 41.7 Å². The summed E-state index contributed by atoms with van der Waals surface area (Å²) in [6, 6.07) is 3.46. The first-order chi connectivity index (χ1) is 11.2. The standard InChI is InChI=1S/C6H5F3N2O2S.C6H4F3NS.2CH4/c7-6(8,9)4-1-2-5(11-3-4)14(10,12)13;7-6(8,9)4-1-2-5(11)10-3-4;;/h1-3H,(H2,10,12,13);1-3H,(H,10,11);2*1H4. The Kier molecular flexibility index (Phi) is 9.89. The van der Waals surface area contributed by atoms with E-state index in [2.05, 4.69) is 27.3 Å². The number of aromatic nitrogens is 2. The Morgan fingerprint density at radius 1 is 0.926 bits per heavy atom. The molecule has 0 aliphatic carbocycles. The molecule has 0 unspecified atom stereocenters. The topological polar surface area (TPSA) is 88.8 Å². The predicted octanol–water partition coefficient (Wildman–Crippen LogP) is 4.78. The molecule has 0 radical (unpaired) electrons. The Labute approximate surface area is 157 Å². The fourth-order valence-electron chi connectivity index (χ4n) is 1.30. The summed E-state index contributed by atoms with van der Waals surface area (Å²) in [7, 11) is -4.04. The molecule has 0 aromatic carbocycles. The quantitative estimate of drug-likeness (QED) is 0.496. The highest BCUT2D eigenvalue weighted by molar-refractivity contribution is 7.89. The van der Waals surface area contributed by atoms with Crippen molar-refractivity contribution < 1.29 is 34.8 Å². The van der Waals surface area contributed by atoms with E-state index >= 15 is 0 Å². The number of hydrogen-bond acceptors (Lipinski definition) is 4. The van der Waals surface area contributed by atoms with E-state index in [4.69, 9.17) is 0 Å². The third kappa shape index (κ3) is 8.97. The molecule has 2 aromatic rings. The number of alkyl halides is 6. The van der Waals surface area contributed by atoms with Crippen LogP contribution in [-0.2, 0) is 22.4 Å². The molecule has 0 spiro atoms. The van der Waals surface area contributed by atoms with E-state index in [0.29, 0.717) is 18.3 Å². The van der Waals surface area contributed by atoms with Gasteiger partial charge < -0.3 is 4.98 Å². The van der Waals surface area contributed by atoms with Crippen LogP contribution in [0.5, 0.6) is 0 Å². The van der Waals surface area contributed by atoms with E-state index in [9.17, 15) is 34.8 Å². The molecule has 27 heavy (non-hydrogen) atoms. The van der Waals surface area contributed by atoms with Crippen molar-refractivity contribution >= 4 is 22.2 Å². The average molecular weight is 437 g/mol. The van der Waals surface area contributed by atoms with Crippen LogP contribution in [0.4, 0.5) is 26.3 Å². The monoisotopic (exact) mass is 437 g/mol. The number of nitrogens with one attached hydrogen (secondary N) is 1. The number of hydrogen-bond donors (Lipinski definition) is 2. The minimum Gasteiger partial charge on any atom is -0.352 e. The van der Waals surface area contributed by atoms with Gasteiger partial charge in [0.05, 0.1) is 11.1 Å². The van der Waals surface area contributed by atoms with E-state index in [1.807, 2.05) is 0 Å². The van der Waals surface area contributed by atoms with Gasteiger partial charge in [-0.1, -0.05) is 27.1 Å². The van der Waals surface area contributed by atoms with Crippen molar-refractivity contribution in [2.24, 2.45) is 5.14 Å². The van der Waals surface area contributed by atoms with Crippen molar-refractivity contribution in [2.45, 2.75) is 32.2 Å². The number of nitrogens with zero attached hydrogens (tertiary/aromatic N) is 1. The van der Waals surface area contributed by atoms with Crippen LogP contribution in [0, 0.1) is 4.64 Å². The second kappa shape index (κ2) is 9.80. The number of H-pyrrole nitrogens is 1. The number of sulfonamides is 1. The van der Waals surface area contributed by atoms with Gasteiger partial charge in [-0.3, -0.25) is 0 Å². The number of primary sulfonamides is 1. The van der Waals surface area contributed by atoms with E-state index in [1.165, 1.54) is 6.07 Å². The summed E-state index contributed by atoms with van der Waals surface area (Å²) >= 11 is 4.57. The zero-order valence-electron chi connectivity index (χ0n) is 11.9. The summed E-state index contributed by atoms with van der Waals surface area (Å²) in [6.45, 7) is 0. The largest absolute Gasteiger partial charge is 0.417 e. The molecule has 0 amide bonds. The lowest BCUT2D eigenvalue weighted by molar-refractivity contribution is -0.138. The molecule has 0 aliphatic heterocycles. The highest BCUT2D eigenvalue weighted by Crippen LogP contribution is 2.29. The second-order valence-electron chi connectivity index (χ2n) is 4.37. The molecule has 5 nitrogen and oxygen atoms in total. The Balaban J connectivity index is 0. The first-order valence-corrected chi connectivity index (χ1v) is 7.98. The maximum absolute atomic E-state index is 12.0. The van der Waals surface area contributed by atoms with Crippen LogP contribution in [0.25, 0.3) is 0 Å². The van der Waals surface area contributed by atoms with Crippen LogP contribution in [0.2, 0.25) is 0 Å². The molecule has 0 atom stereocenters. The molecule has 2 rings (SSSR count). The van der Waals surface area contributed by atoms with Gasteiger partial charge in [0.15, 0.2) is 5.03 Å². The van der Waals surface area contributed by atoms with Crippen molar-refractivity contribution in [3.05, 3.63) is 52.4 Å². The average Bonchev–Trinajstić information content (AvgIpc) is 2.46. The number of nitrogens with two attached hydrogens (primary N) is 1. The molecule has 2 aromatic heterocycles. The van der Waals surface area contributed by atoms with E-state index in [-0.39, 0.29) is 19.5 Å². The van der Waals surface area contributed by atoms with Gasteiger partial charge in [-0.2, -0.15) is 26.3 Å². The second-order valence-corrected chi connectivity index (χ2v) is 6.32. The summed E-state index contributed by atoms with van der Waals surface area (Å²) in [6.07, 6.45) is -7.56. The minimum atomic E-state index is -4.54. The lowest BCUT2D eigenvalue weighted by Crippen LogP contribution is -2.15. The van der Waals surface area contributed by atoms with E-state index in [1.54, 1.807) is 0 Å². The lowest BCUT2D eigenvalue weighted by Gasteiger charge is -2.05. The molecule has 0 aliphatic rings. The van der Waals surface area contributed by atoms with Crippen LogP contribution in [-0.4, -0.2) is 18.4 Å². The molecule has 154 valence electrons. The van der Waals surface area contributed by atoms with Gasteiger partial charge in [-0.05, 0) is 24.3 Å². The van der Waals surface area contributed by atoms with Crippen molar-refractivity contribution in [1.29, 1.82) is 0 Å². The van der Waals surface area contributed by atoms with E-state index in [0.717, 1.165) is 12.3 Å². The third-order valence-corrected chi connectivity index (χ3v) is 3.55. The number of rotatable bonds is 1. The van der Waals surface area contributed by atoms with Gasteiger partial charge >= 0.3 is 12.4 Å².